The number of methoxy groups -OCH3 is 1. The van der Waals surface area contributed by atoms with Gasteiger partial charge in [0, 0.05) is 32.3 Å². The molecule has 2 atom stereocenters. The fourth-order valence-electron chi connectivity index (χ4n) is 2.71. The van der Waals surface area contributed by atoms with E-state index in [2.05, 4.69) is 29.4 Å². The summed E-state index contributed by atoms with van der Waals surface area (Å²) in [7, 11) is 1.70. The highest BCUT2D eigenvalue weighted by atomic mass is 16.5. The van der Waals surface area contributed by atoms with Crippen molar-refractivity contribution < 1.29 is 9.53 Å². The first kappa shape index (κ1) is 17.4. The fourth-order valence-corrected chi connectivity index (χ4v) is 2.71. The highest BCUT2D eigenvalue weighted by Crippen LogP contribution is 2.07. The predicted octanol–water partition coefficient (Wildman–Crippen LogP) is 0.992. The van der Waals surface area contributed by atoms with E-state index in [0.717, 1.165) is 32.5 Å². The van der Waals surface area contributed by atoms with Crippen LogP contribution in [-0.2, 0) is 9.53 Å². The van der Waals surface area contributed by atoms with E-state index in [9.17, 15) is 4.79 Å². The highest BCUT2D eigenvalue weighted by molar-refractivity contribution is 5.78. The Morgan fingerprint density at radius 2 is 2.35 bits per heavy atom. The van der Waals surface area contributed by atoms with Crippen LogP contribution in [0, 0.1) is 0 Å². The van der Waals surface area contributed by atoms with Crippen molar-refractivity contribution in [3.05, 3.63) is 0 Å². The van der Waals surface area contributed by atoms with Crippen molar-refractivity contribution in [3.63, 3.8) is 0 Å². The predicted molar refractivity (Wildman–Crippen MR) is 81.9 cm³/mol. The normalized spacial score (nSPS) is 20.3. The number of rotatable bonds is 10. The van der Waals surface area contributed by atoms with E-state index < -0.39 is 0 Å². The standard InChI is InChI=1S/C15H31N3O2/c1-4-6-13(2)17-15(19)12-18(9-10-20-3)11-14-7-5-8-16-14/h13-14,16H,4-12H2,1-3H3,(H,17,19). The van der Waals surface area contributed by atoms with Crippen LogP contribution in [0.1, 0.15) is 39.5 Å². The summed E-state index contributed by atoms with van der Waals surface area (Å²) >= 11 is 0. The topological polar surface area (TPSA) is 53.6 Å². The first-order valence-electron chi connectivity index (χ1n) is 7.89. The van der Waals surface area contributed by atoms with Crippen LogP contribution in [0.5, 0.6) is 0 Å². The Balaban J connectivity index is 2.35. The van der Waals surface area contributed by atoms with Crippen LogP contribution >= 0.6 is 0 Å². The molecule has 1 saturated heterocycles. The molecule has 0 spiro atoms. The number of hydrogen-bond acceptors (Lipinski definition) is 4. The number of carbonyl (C=O) groups is 1. The van der Waals surface area contributed by atoms with Gasteiger partial charge in [-0.05, 0) is 32.7 Å². The van der Waals surface area contributed by atoms with E-state index in [0.29, 0.717) is 19.2 Å². The average molecular weight is 285 g/mol. The first-order chi connectivity index (χ1) is 9.65. The quantitative estimate of drug-likeness (QED) is 0.628. The summed E-state index contributed by atoms with van der Waals surface area (Å²) in [5.41, 5.74) is 0. The van der Waals surface area contributed by atoms with Gasteiger partial charge >= 0.3 is 0 Å². The second-order valence-corrected chi connectivity index (χ2v) is 5.78. The van der Waals surface area contributed by atoms with E-state index in [-0.39, 0.29) is 11.9 Å². The lowest BCUT2D eigenvalue weighted by atomic mass is 10.2. The molecular formula is C15H31N3O2. The first-order valence-corrected chi connectivity index (χ1v) is 7.89. The van der Waals surface area contributed by atoms with Gasteiger partial charge in [0.05, 0.1) is 13.2 Å². The van der Waals surface area contributed by atoms with Crippen molar-refractivity contribution in [1.82, 2.24) is 15.5 Å². The molecule has 2 N–H and O–H groups in total. The van der Waals surface area contributed by atoms with Crippen LogP contribution in [0.4, 0.5) is 0 Å². The van der Waals surface area contributed by atoms with Gasteiger partial charge in [-0.3, -0.25) is 9.69 Å². The summed E-state index contributed by atoms with van der Waals surface area (Å²) in [6, 6.07) is 0.786. The van der Waals surface area contributed by atoms with E-state index in [1.54, 1.807) is 7.11 Å². The summed E-state index contributed by atoms with van der Waals surface area (Å²) < 4.78 is 5.14. The number of nitrogens with zero attached hydrogens (tertiary/aromatic N) is 1. The van der Waals surface area contributed by atoms with Gasteiger partial charge in [0.15, 0.2) is 0 Å². The number of hydrogen-bond donors (Lipinski definition) is 2. The Morgan fingerprint density at radius 1 is 1.55 bits per heavy atom. The Bertz CT molecular complexity index is 268. The van der Waals surface area contributed by atoms with Gasteiger partial charge in [-0.1, -0.05) is 13.3 Å². The minimum Gasteiger partial charge on any atom is -0.383 e. The van der Waals surface area contributed by atoms with Gasteiger partial charge in [0.1, 0.15) is 0 Å². The minimum atomic E-state index is 0.125. The van der Waals surface area contributed by atoms with Crippen molar-refractivity contribution >= 4 is 5.91 Å². The average Bonchev–Trinajstić information content (AvgIpc) is 2.88. The van der Waals surface area contributed by atoms with Gasteiger partial charge < -0.3 is 15.4 Å². The zero-order chi connectivity index (χ0) is 14.8. The molecule has 0 radical (unpaired) electrons. The van der Waals surface area contributed by atoms with Gasteiger partial charge in [0.25, 0.3) is 0 Å². The SMILES string of the molecule is CCCC(C)NC(=O)CN(CCOC)CC1CCCN1. The van der Waals surface area contributed by atoms with Gasteiger partial charge in [0.2, 0.25) is 5.91 Å². The Morgan fingerprint density at radius 3 is 2.95 bits per heavy atom. The molecule has 1 aliphatic rings. The van der Waals surface area contributed by atoms with Crippen LogP contribution in [0.15, 0.2) is 0 Å². The molecule has 1 rings (SSSR count). The van der Waals surface area contributed by atoms with Crippen molar-refractivity contribution in [2.24, 2.45) is 0 Å². The molecule has 0 aromatic rings. The second-order valence-electron chi connectivity index (χ2n) is 5.78. The van der Waals surface area contributed by atoms with Crippen LogP contribution in [0.2, 0.25) is 0 Å². The Hall–Kier alpha value is -0.650. The summed E-state index contributed by atoms with van der Waals surface area (Å²) in [5, 5.41) is 6.55. The summed E-state index contributed by atoms with van der Waals surface area (Å²) in [5.74, 6) is 0.125. The van der Waals surface area contributed by atoms with E-state index in [4.69, 9.17) is 4.74 Å². The maximum atomic E-state index is 12.1. The lowest BCUT2D eigenvalue weighted by molar-refractivity contribution is -0.123. The molecule has 1 fully saturated rings. The molecule has 0 aromatic carbocycles. The van der Waals surface area contributed by atoms with Gasteiger partial charge in [-0.25, -0.2) is 0 Å². The van der Waals surface area contributed by atoms with Crippen molar-refractivity contribution in [3.8, 4) is 0 Å². The van der Waals surface area contributed by atoms with Gasteiger partial charge in [-0.2, -0.15) is 0 Å². The maximum Gasteiger partial charge on any atom is 0.234 e. The largest absolute Gasteiger partial charge is 0.383 e. The van der Waals surface area contributed by atoms with Crippen molar-refractivity contribution in [2.45, 2.75) is 51.6 Å². The van der Waals surface area contributed by atoms with Crippen LogP contribution in [0.3, 0.4) is 0 Å². The summed E-state index contributed by atoms with van der Waals surface area (Å²) in [6.07, 6.45) is 4.58. The van der Waals surface area contributed by atoms with E-state index >= 15 is 0 Å². The molecule has 1 aliphatic heterocycles. The van der Waals surface area contributed by atoms with Crippen LogP contribution < -0.4 is 10.6 Å². The molecule has 0 aromatic heterocycles. The van der Waals surface area contributed by atoms with E-state index in [1.807, 2.05) is 0 Å². The molecule has 118 valence electrons. The third-order valence-corrected chi connectivity index (χ3v) is 3.75. The monoisotopic (exact) mass is 285 g/mol. The lowest BCUT2D eigenvalue weighted by Crippen LogP contribution is -2.46. The number of nitrogens with one attached hydrogen (secondary N) is 2. The molecule has 0 aliphatic carbocycles. The molecule has 5 nitrogen and oxygen atoms in total. The molecule has 5 heteroatoms. The Kier molecular flexibility index (Phi) is 8.82. The highest BCUT2D eigenvalue weighted by Gasteiger charge is 2.19. The van der Waals surface area contributed by atoms with Crippen LogP contribution in [-0.4, -0.2) is 62.8 Å². The zero-order valence-corrected chi connectivity index (χ0v) is 13.3. The zero-order valence-electron chi connectivity index (χ0n) is 13.3. The Labute approximate surface area is 123 Å². The fraction of sp³-hybridized carbons (Fsp3) is 0.933. The molecule has 0 saturated carbocycles. The van der Waals surface area contributed by atoms with Crippen LogP contribution in [0.25, 0.3) is 0 Å². The molecule has 20 heavy (non-hydrogen) atoms. The smallest absolute Gasteiger partial charge is 0.234 e. The van der Waals surface area contributed by atoms with E-state index in [1.165, 1.54) is 12.8 Å². The third kappa shape index (κ3) is 7.22. The molecular weight excluding hydrogens is 254 g/mol. The second kappa shape index (κ2) is 10.1. The maximum absolute atomic E-state index is 12.1. The lowest BCUT2D eigenvalue weighted by Gasteiger charge is -2.25. The summed E-state index contributed by atoms with van der Waals surface area (Å²) in [6.45, 7) is 8.19. The molecule has 1 heterocycles. The number of amides is 1. The summed E-state index contributed by atoms with van der Waals surface area (Å²) in [4.78, 5) is 14.3. The third-order valence-electron chi connectivity index (χ3n) is 3.75. The molecule has 1 amide bonds. The van der Waals surface area contributed by atoms with Gasteiger partial charge in [-0.15, -0.1) is 0 Å². The molecule has 2 unspecified atom stereocenters. The number of ether oxygens (including phenoxy) is 1. The number of carbonyl (C=O) groups excluding carboxylic acids is 1. The molecule has 0 bridgehead atoms. The minimum absolute atomic E-state index is 0.125. The van der Waals surface area contributed by atoms with Crippen molar-refractivity contribution in [2.75, 3.05) is 39.9 Å². The van der Waals surface area contributed by atoms with Crippen molar-refractivity contribution in [1.29, 1.82) is 0 Å².